The molecule has 0 unspecified atom stereocenters. The molecule has 14 heavy (non-hydrogen) atoms. The van der Waals surface area contributed by atoms with Crippen LogP contribution in [0.25, 0.3) is 0 Å². The van der Waals surface area contributed by atoms with Crippen molar-refractivity contribution < 1.29 is 4.42 Å². The first-order valence-corrected chi connectivity index (χ1v) is 4.65. The molecule has 0 saturated carbocycles. The van der Waals surface area contributed by atoms with Crippen LogP contribution in [-0.4, -0.2) is 14.8 Å². The summed E-state index contributed by atoms with van der Waals surface area (Å²) in [4.78, 5) is 4.04. The lowest BCUT2D eigenvalue weighted by molar-refractivity contribution is 0.554. The number of aromatic nitrogens is 3. The average molecular weight is 191 g/mol. The molecule has 2 aromatic rings. The maximum absolute atomic E-state index is 4.89. The summed E-state index contributed by atoms with van der Waals surface area (Å²) in [6.45, 7) is 4.97. The van der Waals surface area contributed by atoms with E-state index >= 15 is 0 Å². The molecule has 0 aliphatic heterocycles. The molecule has 2 rings (SSSR count). The summed E-state index contributed by atoms with van der Waals surface area (Å²) in [7, 11) is 0. The van der Waals surface area contributed by atoms with Crippen molar-refractivity contribution in [3.8, 4) is 0 Å². The van der Waals surface area contributed by atoms with Gasteiger partial charge >= 0.3 is 0 Å². The maximum atomic E-state index is 4.89. The fourth-order valence-electron chi connectivity index (χ4n) is 1.25. The first kappa shape index (κ1) is 8.99. The largest absolute Gasteiger partial charge is 0.451 e. The van der Waals surface area contributed by atoms with Crippen LogP contribution in [0, 0.1) is 0 Å². The molecule has 4 heteroatoms. The van der Waals surface area contributed by atoms with Crippen molar-refractivity contribution in [1.29, 1.82) is 0 Å². The van der Waals surface area contributed by atoms with E-state index in [1.54, 1.807) is 6.26 Å². The summed E-state index contributed by atoms with van der Waals surface area (Å²) >= 11 is 0. The number of hydrogen-bond acceptors (Lipinski definition) is 3. The molecular weight excluding hydrogens is 178 g/mol. The van der Waals surface area contributed by atoms with Gasteiger partial charge in [-0.25, -0.2) is 4.98 Å². The predicted octanol–water partition coefficient (Wildman–Crippen LogP) is 2.04. The van der Waals surface area contributed by atoms with Crippen molar-refractivity contribution in [3.05, 3.63) is 36.3 Å². The Bertz CT molecular complexity index is 389. The fraction of sp³-hybridized carbons (Fsp3) is 0.400. The number of oxazole rings is 1. The Kier molecular flexibility index (Phi) is 2.35. The molecular formula is C10H13N3O. The molecule has 4 nitrogen and oxygen atoms in total. The molecule has 0 bridgehead atoms. The highest BCUT2D eigenvalue weighted by atomic mass is 16.3. The van der Waals surface area contributed by atoms with E-state index in [9.17, 15) is 0 Å². The average Bonchev–Trinajstić information content (AvgIpc) is 2.75. The van der Waals surface area contributed by atoms with Crippen molar-refractivity contribution >= 4 is 0 Å². The zero-order chi connectivity index (χ0) is 9.97. The highest BCUT2D eigenvalue weighted by Crippen LogP contribution is 2.12. The minimum absolute atomic E-state index is 0.515. The van der Waals surface area contributed by atoms with Gasteiger partial charge in [0, 0.05) is 6.20 Å². The second kappa shape index (κ2) is 3.65. The van der Waals surface area contributed by atoms with Crippen molar-refractivity contribution in [3.63, 3.8) is 0 Å². The second-order valence-corrected chi connectivity index (χ2v) is 3.61. The van der Waals surface area contributed by atoms with Gasteiger partial charge in [0.25, 0.3) is 0 Å². The third-order valence-electron chi connectivity index (χ3n) is 2.13. The van der Waals surface area contributed by atoms with Crippen LogP contribution in [-0.2, 0) is 6.54 Å². The fourth-order valence-corrected chi connectivity index (χ4v) is 1.25. The van der Waals surface area contributed by atoms with Gasteiger partial charge in [-0.05, 0) is 11.5 Å². The first-order valence-electron chi connectivity index (χ1n) is 4.65. The molecule has 0 aliphatic carbocycles. The normalized spacial score (nSPS) is 11.1. The van der Waals surface area contributed by atoms with Crippen LogP contribution in [0.5, 0.6) is 0 Å². The van der Waals surface area contributed by atoms with Crippen molar-refractivity contribution in [2.45, 2.75) is 26.3 Å². The summed E-state index contributed by atoms with van der Waals surface area (Å²) in [5.41, 5.74) is 2.14. The Morgan fingerprint density at radius 2 is 2.36 bits per heavy atom. The monoisotopic (exact) mass is 191 g/mol. The molecule has 0 saturated heterocycles. The minimum atomic E-state index is 0.515. The summed E-state index contributed by atoms with van der Waals surface area (Å²) in [6.07, 6.45) is 7.00. The van der Waals surface area contributed by atoms with Gasteiger partial charge in [-0.3, -0.25) is 4.68 Å². The van der Waals surface area contributed by atoms with Crippen molar-refractivity contribution in [2.24, 2.45) is 0 Å². The predicted molar refractivity (Wildman–Crippen MR) is 51.9 cm³/mol. The molecule has 0 atom stereocenters. The van der Waals surface area contributed by atoms with Gasteiger partial charge in [-0.2, -0.15) is 5.10 Å². The van der Waals surface area contributed by atoms with E-state index < -0.39 is 0 Å². The standard InChI is InChI=1S/C10H13N3O/c1-8(2)9-3-12-13(4-9)5-10-6-14-7-11-10/h3-4,6-8H,5H2,1-2H3. The summed E-state index contributed by atoms with van der Waals surface area (Å²) in [5.74, 6) is 0.515. The number of rotatable bonds is 3. The van der Waals surface area contributed by atoms with Gasteiger partial charge in [0.1, 0.15) is 12.0 Å². The van der Waals surface area contributed by atoms with Gasteiger partial charge in [0.2, 0.25) is 0 Å². The highest BCUT2D eigenvalue weighted by Gasteiger charge is 2.04. The lowest BCUT2D eigenvalue weighted by atomic mass is 10.1. The van der Waals surface area contributed by atoms with Crippen LogP contribution in [0.3, 0.4) is 0 Å². The zero-order valence-corrected chi connectivity index (χ0v) is 8.34. The Morgan fingerprint density at radius 1 is 1.50 bits per heavy atom. The van der Waals surface area contributed by atoms with E-state index in [2.05, 4.69) is 23.9 Å². The molecule has 0 fully saturated rings. The van der Waals surface area contributed by atoms with Crippen LogP contribution >= 0.6 is 0 Å². The molecule has 0 aliphatic rings. The third-order valence-corrected chi connectivity index (χ3v) is 2.13. The van der Waals surface area contributed by atoms with Gasteiger partial charge in [-0.1, -0.05) is 13.8 Å². The van der Waals surface area contributed by atoms with Crippen molar-refractivity contribution in [1.82, 2.24) is 14.8 Å². The first-order chi connectivity index (χ1) is 6.75. The SMILES string of the molecule is CC(C)c1cnn(Cc2cocn2)c1. The van der Waals surface area contributed by atoms with E-state index in [-0.39, 0.29) is 0 Å². The molecule has 0 amide bonds. The van der Waals surface area contributed by atoms with Crippen LogP contribution in [0.15, 0.2) is 29.5 Å². The van der Waals surface area contributed by atoms with Crippen LogP contribution in [0.4, 0.5) is 0 Å². The van der Waals surface area contributed by atoms with Gasteiger partial charge in [0.05, 0.1) is 12.7 Å². The Labute approximate surface area is 82.6 Å². The third kappa shape index (κ3) is 1.84. The summed E-state index contributed by atoms with van der Waals surface area (Å²) in [5, 5.41) is 4.25. The molecule has 2 aromatic heterocycles. The quantitative estimate of drug-likeness (QED) is 0.745. The molecule has 74 valence electrons. The van der Waals surface area contributed by atoms with Gasteiger partial charge in [0.15, 0.2) is 6.39 Å². The van der Waals surface area contributed by atoms with Crippen LogP contribution in [0.1, 0.15) is 31.0 Å². The molecule has 0 radical (unpaired) electrons. The smallest absolute Gasteiger partial charge is 0.180 e. The lowest BCUT2D eigenvalue weighted by Crippen LogP contribution is -1.99. The van der Waals surface area contributed by atoms with Gasteiger partial charge < -0.3 is 4.42 Å². The van der Waals surface area contributed by atoms with E-state index in [0.717, 1.165) is 5.69 Å². The summed E-state index contributed by atoms with van der Waals surface area (Å²) in [6, 6.07) is 0. The topological polar surface area (TPSA) is 43.9 Å². The Balaban J connectivity index is 2.11. The minimum Gasteiger partial charge on any atom is -0.451 e. The van der Waals surface area contributed by atoms with Gasteiger partial charge in [-0.15, -0.1) is 0 Å². The van der Waals surface area contributed by atoms with Crippen molar-refractivity contribution in [2.75, 3.05) is 0 Å². The van der Waals surface area contributed by atoms with E-state index in [4.69, 9.17) is 4.42 Å². The molecule has 0 N–H and O–H groups in total. The summed E-state index contributed by atoms with van der Waals surface area (Å²) < 4.78 is 6.76. The lowest BCUT2D eigenvalue weighted by Gasteiger charge is -1.98. The van der Waals surface area contributed by atoms with Crippen LogP contribution < -0.4 is 0 Å². The zero-order valence-electron chi connectivity index (χ0n) is 8.34. The molecule has 0 spiro atoms. The maximum Gasteiger partial charge on any atom is 0.180 e. The number of hydrogen-bond donors (Lipinski definition) is 0. The van der Waals surface area contributed by atoms with E-state index in [1.807, 2.05) is 17.1 Å². The number of nitrogens with zero attached hydrogens (tertiary/aromatic N) is 3. The van der Waals surface area contributed by atoms with E-state index in [0.29, 0.717) is 12.5 Å². The highest BCUT2D eigenvalue weighted by molar-refractivity contribution is 5.09. The second-order valence-electron chi connectivity index (χ2n) is 3.61. The van der Waals surface area contributed by atoms with E-state index in [1.165, 1.54) is 12.0 Å². The van der Waals surface area contributed by atoms with Crippen LogP contribution in [0.2, 0.25) is 0 Å². The molecule has 2 heterocycles. The Morgan fingerprint density at radius 3 is 2.93 bits per heavy atom. The Hall–Kier alpha value is -1.58. The molecule has 0 aromatic carbocycles.